The number of aryl methyl sites for hydroxylation is 1. The van der Waals surface area contributed by atoms with E-state index in [4.69, 9.17) is 10.5 Å². The fourth-order valence-electron chi connectivity index (χ4n) is 2.61. The molecule has 0 spiro atoms. The van der Waals surface area contributed by atoms with Crippen molar-refractivity contribution in [3.63, 3.8) is 0 Å². The van der Waals surface area contributed by atoms with Gasteiger partial charge in [-0.15, -0.1) is 11.3 Å². The number of thiophene rings is 1. The first-order valence-corrected chi connectivity index (χ1v) is 7.66. The molecule has 0 aliphatic carbocycles. The first kappa shape index (κ1) is 14.0. The van der Waals surface area contributed by atoms with Gasteiger partial charge in [0.2, 0.25) is 0 Å². The third-order valence-electron chi connectivity index (χ3n) is 3.73. The first-order chi connectivity index (χ1) is 8.72. The maximum atomic E-state index is 5.96. The lowest BCUT2D eigenvalue weighted by Crippen LogP contribution is -2.38. The highest BCUT2D eigenvalue weighted by Gasteiger charge is 2.23. The van der Waals surface area contributed by atoms with Gasteiger partial charge in [0.05, 0.1) is 12.1 Å². The minimum Gasteiger partial charge on any atom is -0.377 e. The molecular weight excluding hydrogens is 244 g/mol. The van der Waals surface area contributed by atoms with Crippen molar-refractivity contribution in [2.24, 2.45) is 5.73 Å². The Kier molecular flexibility index (Phi) is 5.18. The predicted octanol–water partition coefficient (Wildman–Crippen LogP) is 2.56. The molecule has 1 aliphatic heterocycles. The van der Waals surface area contributed by atoms with Gasteiger partial charge in [0, 0.05) is 24.6 Å². The van der Waals surface area contributed by atoms with Crippen LogP contribution in [0.3, 0.4) is 0 Å². The molecule has 0 saturated carbocycles. The van der Waals surface area contributed by atoms with Crippen LogP contribution in [0.2, 0.25) is 0 Å². The minimum atomic E-state index is 0.329. The van der Waals surface area contributed by atoms with E-state index in [0.29, 0.717) is 18.7 Å². The standard InChI is InChI=1S/C14H24N2OS/c1-11-6-8-18-14(11)13(9-15)16(2)10-12-5-3-4-7-17-12/h6,8,12-13H,3-5,7,9-10,15H2,1-2H3. The van der Waals surface area contributed by atoms with Crippen LogP contribution >= 0.6 is 11.3 Å². The molecular formula is C14H24N2OS. The van der Waals surface area contributed by atoms with Crippen LogP contribution in [0.5, 0.6) is 0 Å². The highest BCUT2D eigenvalue weighted by atomic mass is 32.1. The summed E-state index contributed by atoms with van der Waals surface area (Å²) >= 11 is 1.81. The van der Waals surface area contributed by atoms with Crippen molar-refractivity contribution in [2.45, 2.75) is 38.3 Å². The predicted molar refractivity (Wildman–Crippen MR) is 77.1 cm³/mol. The van der Waals surface area contributed by atoms with Crippen LogP contribution in [0.25, 0.3) is 0 Å². The van der Waals surface area contributed by atoms with Gasteiger partial charge in [-0.1, -0.05) is 0 Å². The van der Waals surface area contributed by atoms with E-state index in [1.54, 1.807) is 0 Å². The third kappa shape index (κ3) is 3.32. The molecule has 2 unspecified atom stereocenters. The number of hydrogen-bond acceptors (Lipinski definition) is 4. The van der Waals surface area contributed by atoms with Gasteiger partial charge in [0.15, 0.2) is 0 Å². The second-order valence-corrected chi connectivity index (χ2v) is 6.10. The Morgan fingerprint density at radius 2 is 2.39 bits per heavy atom. The largest absolute Gasteiger partial charge is 0.377 e. The molecule has 3 nitrogen and oxygen atoms in total. The fourth-order valence-corrected chi connectivity index (χ4v) is 3.72. The summed E-state index contributed by atoms with van der Waals surface area (Å²) in [4.78, 5) is 3.75. The van der Waals surface area contributed by atoms with Crippen LogP contribution in [0.1, 0.15) is 35.7 Å². The Hall–Kier alpha value is -0.420. The number of nitrogens with two attached hydrogens (primary N) is 1. The molecule has 2 heterocycles. The van der Waals surface area contributed by atoms with Gasteiger partial charge in [0.1, 0.15) is 0 Å². The third-order valence-corrected chi connectivity index (χ3v) is 4.85. The normalized spacial score (nSPS) is 22.3. The Labute approximate surface area is 114 Å². The second-order valence-electron chi connectivity index (χ2n) is 5.15. The van der Waals surface area contributed by atoms with Crippen molar-refractivity contribution in [2.75, 3.05) is 26.7 Å². The molecule has 0 radical (unpaired) electrons. The Bertz CT molecular complexity index is 360. The van der Waals surface area contributed by atoms with Crippen LogP contribution in [-0.4, -0.2) is 37.7 Å². The summed E-state index contributed by atoms with van der Waals surface area (Å²) < 4.78 is 5.81. The monoisotopic (exact) mass is 268 g/mol. The van der Waals surface area contributed by atoms with Gasteiger partial charge in [-0.2, -0.15) is 0 Å². The quantitative estimate of drug-likeness (QED) is 0.892. The number of ether oxygens (including phenoxy) is 1. The molecule has 1 fully saturated rings. The maximum Gasteiger partial charge on any atom is 0.0702 e. The highest BCUT2D eigenvalue weighted by molar-refractivity contribution is 7.10. The molecule has 0 amide bonds. The fraction of sp³-hybridized carbons (Fsp3) is 0.714. The number of likely N-dealkylation sites (N-methyl/N-ethyl adjacent to an activating group) is 1. The van der Waals surface area contributed by atoms with E-state index in [-0.39, 0.29) is 0 Å². The summed E-state index contributed by atoms with van der Waals surface area (Å²) in [5.41, 5.74) is 7.32. The zero-order valence-electron chi connectivity index (χ0n) is 11.4. The Morgan fingerprint density at radius 1 is 1.56 bits per heavy atom. The SMILES string of the molecule is Cc1ccsc1C(CN)N(C)CC1CCCCO1. The van der Waals surface area contributed by atoms with E-state index < -0.39 is 0 Å². The van der Waals surface area contributed by atoms with Gasteiger partial charge >= 0.3 is 0 Å². The van der Waals surface area contributed by atoms with E-state index >= 15 is 0 Å². The molecule has 0 aromatic carbocycles. The van der Waals surface area contributed by atoms with Gasteiger partial charge in [0.25, 0.3) is 0 Å². The van der Waals surface area contributed by atoms with Gasteiger partial charge in [-0.3, -0.25) is 4.90 Å². The van der Waals surface area contributed by atoms with Crippen molar-refractivity contribution in [3.05, 3.63) is 21.9 Å². The molecule has 4 heteroatoms. The average Bonchev–Trinajstić information content (AvgIpc) is 2.78. The lowest BCUT2D eigenvalue weighted by atomic mass is 10.1. The van der Waals surface area contributed by atoms with Crippen LogP contribution in [0.4, 0.5) is 0 Å². The van der Waals surface area contributed by atoms with E-state index in [0.717, 1.165) is 13.2 Å². The summed E-state index contributed by atoms with van der Waals surface area (Å²) in [7, 11) is 2.16. The Balaban J connectivity index is 1.97. The zero-order chi connectivity index (χ0) is 13.0. The molecule has 2 rings (SSSR count). The molecule has 2 N–H and O–H groups in total. The van der Waals surface area contributed by atoms with Crippen molar-refractivity contribution < 1.29 is 4.74 Å². The molecule has 1 saturated heterocycles. The second kappa shape index (κ2) is 6.66. The lowest BCUT2D eigenvalue weighted by Gasteiger charge is -2.32. The van der Waals surface area contributed by atoms with Crippen molar-refractivity contribution in [1.29, 1.82) is 0 Å². The van der Waals surface area contributed by atoms with Crippen LogP contribution in [-0.2, 0) is 4.74 Å². The summed E-state index contributed by atoms with van der Waals surface area (Å²) in [6.07, 6.45) is 4.08. The van der Waals surface area contributed by atoms with Gasteiger partial charge in [-0.25, -0.2) is 0 Å². The maximum absolute atomic E-state index is 5.96. The molecule has 2 atom stereocenters. The van der Waals surface area contributed by atoms with Crippen molar-refractivity contribution in [3.8, 4) is 0 Å². The summed E-state index contributed by atoms with van der Waals surface area (Å²) in [6.45, 7) is 4.74. The molecule has 1 aromatic rings. The van der Waals surface area contributed by atoms with Crippen LogP contribution < -0.4 is 5.73 Å². The smallest absolute Gasteiger partial charge is 0.0702 e. The van der Waals surface area contributed by atoms with E-state index in [1.165, 1.54) is 29.7 Å². The van der Waals surface area contributed by atoms with Gasteiger partial charge in [-0.05, 0) is 50.2 Å². The van der Waals surface area contributed by atoms with E-state index in [1.807, 2.05) is 11.3 Å². The van der Waals surface area contributed by atoms with Crippen LogP contribution in [0, 0.1) is 6.92 Å². The number of rotatable bonds is 5. The molecule has 0 bridgehead atoms. The number of hydrogen-bond donors (Lipinski definition) is 1. The highest BCUT2D eigenvalue weighted by Crippen LogP contribution is 2.28. The topological polar surface area (TPSA) is 38.5 Å². The molecule has 1 aliphatic rings. The number of nitrogens with zero attached hydrogens (tertiary/aromatic N) is 1. The lowest BCUT2D eigenvalue weighted by molar-refractivity contribution is -0.00758. The summed E-state index contributed by atoms with van der Waals surface area (Å²) in [6, 6.07) is 2.50. The molecule has 18 heavy (non-hydrogen) atoms. The molecule has 1 aromatic heterocycles. The first-order valence-electron chi connectivity index (χ1n) is 6.78. The minimum absolute atomic E-state index is 0.329. The van der Waals surface area contributed by atoms with E-state index in [9.17, 15) is 0 Å². The Morgan fingerprint density at radius 3 is 2.94 bits per heavy atom. The van der Waals surface area contributed by atoms with Gasteiger partial charge < -0.3 is 10.5 Å². The van der Waals surface area contributed by atoms with E-state index in [2.05, 4.69) is 30.3 Å². The zero-order valence-corrected chi connectivity index (χ0v) is 12.2. The summed E-state index contributed by atoms with van der Waals surface area (Å²) in [5.74, 6) is 0. The summed E-state index contributed by atoms with van der Waals surface area (Å²) in [5, 5.41) is 2.15. The average molecular weight is 268 g/mol. The molecule has 102 valence electrons. The van der Waals surface area contributed by atoms with Crippen molar-refractivity contribution >= 4 is 11.3 Å². The van der Waals surface area contributed by atoms with Crippen LogP contribution in [0.15, 0.2) is 11.4 Å². The van der Waals surface area contributed by atoms with Crippen molar-refractivity contribution in [1.82, 2.24) is 4.90 Å².